The molecule has 2 aliphatic heterocycles. The molecule has 0 radical (unpaired) electrons. The van der Waals surface area contributed by atoms with Gasteiger partial charge >= 0.3 is 0 Å². The summed E-state index contributed by atoms with van der Waals surface area (Å²) in [6, 6.07) is 29.7. The zero-order valence-electron chi connectivity index (χ0n) is 40.1. The lowest BCUT2D eigenvalue weighted by Gasteiger charge is -2.47. The Bertz CT molecular complexity index is 2580. The second-order valence-corrected chi connectivity index (χ2v) is 25.9. The van der Waals surface area contributed by atoms with Gasteiger partial charge in [-0.3, -0.25) is 0 Å². The Kier molecular flexibility index (Phi) is 8.94. The fourth-order valence-corrected chi connectivity index (χ4v) is 12.8. The van der Waals surface area contributed by atoms with Crippen molar-refractivity contribution in [1.82, 2.24) is 0 Å². The molecule has 2 aliphatic carbocycles. The van der Waals surface area contributed by atoms with E-state index in [-0.39, 0.29) is 44.6 Å². The van der Waals surface area contributed by atoms with E-state index in [1.54, 1.807) is 10.4 Å². The average Bonchev–Trinajstić information content (AvgIpc) is 3.57. The van der Waals surface area contributed by atoms with E-state index in [2.05, 4.69) is 212 Å². The molecule has 2 nitrogen and oxygen atoms in total. The summed E-state index contributed by atoms with van der Waals surface area (Å²) in [6.07, 6.45) is 4.80. The van der Waals surface area contributed by atoms with E-state index >= 15 is 0 Å². The Morgan fingerprint density at radius 3 is 1.67 bits per heavy atom. The molecule has 4 heteroatoms. The van der Waals surface area contributed by atoms with Crippen LogP contribution in [0.1, 0.15) is 182 Å². The fraction of sp³-hybridized carbons (Fsp3) is 0.500. The highest BCUT2D eigenvalue weighted by Crippen LogP contribution is 2.57. The summed E-state index contributed by atoms with van der Waals surface area (Å²) in [4.78, 5) is 7.04. The Morgan fingerprint density at radius 2 is 1.03 bits per heavy atom. The number of anilines is 6. The van der Waals surface area contributed by atoms with Crippen molar-refractivity contribution in [2.24, 2.45) is 0 Å². The summed E-state index contributed by atoms with van der Waals surface area (Å²) in [6.45, 7) is 41.4. The molecule has 4 aliphatic rings. The van der Waals surface area contributed by atoms with Gasteiger partial charge in [0.2, 0.25) is 0 Å². The average molecular weight is 815 g/mol. The molecule has 0 bridgehead atoms. The van der Waals surface area contributed by atoms with Gasteiger partial charge in [0.05, 0.1) is 5.69 Å². The van der Waals surface area contributed by atoms with Gasteiger partial charge in [-0.05, 0) is 150 Å². The van der Waals surface area contributed by atoms with E-state index in [9.17, 15) is 0 Å². The van der Waals surface area contributed by atoms with Crippen LogP contribution in [0.4, 0.5) is 34.1 Å². The maximum atomic E-state index is 2.79. The molecule has 0 amide bonds. The number of hydrogen-bond donors (Lipinski definition) is 0. The minimum Gasteiger partial charge on any atom is -0.311 e. The predicted octanol–water partition coefficient (Wildman–Crippen LogP) is 14.4. The topological polar surface area (TPSA) is 6.48 Å². The molecule has 60 heavy (non-hydrogen) atoms. The van der Waals surface area contributed by atoms with E-state index in [0.29, 0.717) is 0 Å². The summed E-state index contributed by atoms with van der Waals surface area (Å²) < 4.78 is 1.52. The van der Waals surface area contributed by atoms with Crippen molar-refractivity contribution in [2.45, 2.75) is 181 Å². The fourth-order valence-electron chi connectivity index (χ4n) is 11.0. The number of hydrogen-bond acceptors (Lipinski definition) is 3. The van der Waals surface area contributed by atoms with E-state index in [0.717, 1.165) is 0 Å². The minimum atomic E-state index is -0.0728. The van der Waals surface area contributed by atoms with Gasteiger partial charge in [0.1, 0.15) is 0 Å². The Balaban J connectivity index is 1.45. The van der Waals surface area contributed by atoms with Crippen LogP contribution < -0.4 is 25.5 Å². The highest BCUT2D eigenvalue weighted by molar-refractivity contribution is 7.29. The van der Waals surface area contributed by atoms with Gasteiger partial charge in [0, 0.05) is 38.1 Å². The minimum absolute atomic E-state index is 0.00599. The third-order valence-electron chi connectivity index (χ3n) is 15.3. The van der Waals surface area contributed by atoms with Gasteiger partial charge in [-0.15, -0.1) is 0 Å². The first-order chi connectivity index (χ1) is 27.6. The van der Waals surface area contributed by atoms with E-state index < -0.39 is 0 Å². The quantitative estimate of drug-likeness (QED) is 0.160. The molecule has 5 aromatic rings. The lowest BCUT2D eigenvalue weighted by Crippen LogP contribution is -2.61. The van der Waals surface area contributed by atoms with E-state index in [1.165, 1.54) is 103 Å². The van der Waals surface area contributed by atoms with Crippen LogP contribution in [-0.4, -0.2) is 6.71 Å². The van der Waals surface area contributed by atoms with Gasteiger partial charge in [0.15, 0.2) is 0 Å². The zero-order chi connectivity index (χ0) is 43.5. The number of nitrogens with zero attached hydrogens (tertiary/aromatic N) is 2. The first kappa shape index (κ1) is 41.6. The Hall–Kier alpha value is -3.76. The molecule has 0 saturated heterocycles. The van der Waals surface area contributed by atoms with Crippen molar-refractivity contribution < 1.29 is 0 Å². The van der Waals surface area contributed by atoms with Crippen LogP contribution in [0, 0.1) is 0 Å². The molecule has 1 aromatic heterocycles. The maximum Gasteiger partial charge on any atom is 0.264 e. The molecule has 9 rings (SSSR count). The highest BCUT2D eigenvalue weighted by Gasteiger charge is 2.51. The van der Waals surface area contributed by atoms with E-state index in [4.69, 9.17) is 0 Å². The van der Waals surface area contributed by atoms with Gasteiger partial charge in [-0.2, -0.15) is 11.3 Å². The Morgan fingerprint density at radius 1 is 0.500 bits per heavy atom. The molecule has 0 unspecified atom stereocenters. The van der Waals surface area contributed by atoms with Crippen molar-refractivity contribution in [3.63, 3.8) is 0 Å². The van der Waals surface area contributed by atoms with Gasteiger partial charge in [-0.25, -0.2) is 0 Å². The lowest BCUT2D eigenvalue weighted by molar-refractivity contribution is 0.332. The summed E-state index contributed by atoms with van der Waals surface area (Å²) in [5.74, 6) is 0. The molecule has 0 atom stereocenters. The standard InChI is InChI=1S/C56H71BN2S/c1-50(2,3)34-19-18-20-37(29-34)58-42-30-35(51(4,5)6)21-24-41(42)57-46-43(58)31-36(52(7,8)9)32-44(46)59(38-22-23-39-40(33-38)54(12,13)26-25-53(39,10)11)47-45-48(60-49(47)57)56(16,17)28-27-55(45,14)15/h18-24,29-33H,25-28H2,1-17H3. The van der Waals surface area contributed by atoms with Crippen molar-refractivity contribution >= 4 is 67.9 Å². The normalized spacial score (nSPS) is 19.6. The van der Waals surface area contributed by atoms with Crippen LogP contribution in [0.15, 0.2) is 72.8 Å². The molecular formula is C56H71BN2S. The Labute approximate surface area is 368 Å². The second-order valence-electron chi connectivity index (χ2n) is 24.9. The summed E-state index contributed by atoms with van der Waals surface area (Å²) in [7, 11) is 0. The van der Waals surface area contributed by atoms with Crippen molar-refractivity contribution in [1.29, 1.82) is 0 Å². The number of rotatable bonds is 2. The molecule has 0 spiro atoms. The zero-order valence-corrected chi connectivity index (χ0v) is 41.0. The van der Waals surface area contributed by atoms with Crippen LogP contribution in [0.2, 0.25) is 0 Å². The molecule has 3 heterocycles. The lowest BCUT2D eigenvalue weighted by atomic mass is 9.35. The summed E-state index contributed by atoms with van der Waals surface area (Å²) >= 11 is 2.14. The first-order valence-corrected chi connectivity index (χ1v) is 23.8. The van der Waals surface area contributed by atoms with Crippen molar-refractivity contribution in [3.8, 4) is 0 Å². The third-order valence-corrected chi connectivity index (χ3v) is 17.0. The third kappa shape index (κ3) is 6.30. The smallest absolute Gasteiger partial charge is 0.264 e. The molecular weight excluding hydrogens is 744 g/mol. The number of benzene rings is 4. The monoisotopic (exact) mass is 815 g/mol. The van der Waals surface area contributed by atoms with Crippen molar-refractivity contribution in [3.05, 3.63) is 111 Å². The van der Waals surface area contributed by atoms with Gasteiger partial charge in [-0.1, -0.05) is 148 Å². The van der Waals surface area contributed by atoms with Crippen molar-refractivity contribution in [2.75, 3.05) is 9.80 Å². The summed E-state index contributed by atoms with van der Waals surface area (Å²) in [5.41, 5.74) is 19.9. The van der Waals surface area contributed by atoms with Crippen LogP contribution in [0.5, 0.6) is 0 Å². The SMILES string of the molecule is CC(C)(C)c1cccc(N2c3cc(C(C)(C)C)ccc3B3c4sc5c(c4N(c4ccc6c(c4)C(C)(C)CCC6(C)C)c4cc(C(C)(C)C)cc2c43)C(C)(C)CCC5(C)C)c1. The van der Waals surface area contributed by atoms with Crippen LogP contribution in [-0.2, 0) is 37.9 Å². The molecule has 0 N–H and O–H groups in total. The first-order valence-electron chi connectivity index (χ1n) is 23.0. The van der Waals surface area contributed by atoms with Crippen LogP contribution >= 0.6 is 11.3 Å². The molecule has 0 saturated carbocycles. The maximum absolute atomic E-state index is 2.79. The number of thiophene rings is 1. The van der Waals surface area contributed by atoms with Gasteiger partial charge < -0.3 is 9.80 Å². The summed E-state index contributed by atoms with van der Waals surface area (Å²) in [5, 5.41) is 0. The largest absolute Gasteiger partial charge is 0.311 e. The van der Waals surface area contributed by atoms with Crippen LogP contribution in [0.3, 0.4) is 0 Å². The predicted molar refractivity (Wildman–Crippen MR) is 265 cm³/mol. The molecule has 4 aromatic carbocycles. The second kappa shape index (κ2) is 12.9. The highest BCUT2D eigenvalue weighted by atomic mass is 32.1. The van der Waals surface area contributed by atoms with E-state index in [1.807, 2.05) is 0 Å². The number of fused-ring (bicyclic) bond motifs is 7. The molecule has 314 valence electrons. The van der Waals surface area contributed by atoms with Gasteiger partial charge in [0.25, 0.3) is 6.71 Å². The molecule has 0 fully saturated rings. The van der Waals surface area contributed by atoms with Crippen LogP contribution in [0.25, 0.3) is 0 Å².